The molecule has 3 N–H and O–H groups in total. The van der Waals surface area contributed by atoms with Gasteiger partial charge < -0.3 is 16.0 Å². The lowest BCUT2D eigenvalue weighted by molar-refractivity contribution is 0.100. The number of nitrogens with zero attached hydrogens (tertiary/aromatic N) is 5. The third kappa shape index (κ3) is 4.19. The van der Waals surface area contributed by atoms with E-state index in [0.717, 1.165) is 42.3 Å². The molecule has 8 nitrogen and oxygen atoms in total. The Labute approximate surface area is 194 Å². The minimum atomic E-state index is -0.744. The highest BCUT2D eigenvalue weighted by atomic mass is 19.1. The molecule has 0 unspecified atom stereocenters. The third-order valence-electron chi connectivity index (χ3n) is 5.92. The van der Waals surface area contributed by atoms with Gasteiger partial charge in [0.2, 0.25) is 5.91 Å². The Morgan fingerprint density at radius 1 is 1.18 bits per heavy atom. The van der Waals surface area contributed by atoms with Crippen molar-refractivity contribution >= 4 is 22.6 Å². The predicted molar refractivity (Wildman–Crippen MR) is 124 cm³/mol. The van der Waals surface area contributed by atoms with Gasteiger partial charge in [-0.15, -0.1) is 0 Å². The zero-order valence-corrected chi connectivity index (χ0v) is 18.6. The molecule has 0 spiro atoms. The summed E-state index contributed by atoms with van der Waals surface area (Å²) in [5.41, 5.74) is 8.42. The van der Waals surface area contributed by atoms with E-state index < -0.39 is 11.7 Å². The number of aromatic nitrogens is 4. The Kier molecular flexibility index (Phi) is 5.66. The Balaban J connectivity index is 1.62. The van der Waals surface area contributed by atoms with Crippen LogP contribution in [-0.4, -0.2) is 44.1 Å². The van der Waals surface area contributed by atoms with Crippen LogP contribution in [0.4, 0.5) is 14.6 Å². The van der Waals surface area contributed by atoms with Crippen LogP contribution in [0.3, 0.4) is 0 Å². The molecule has 0 fully saturated rings. The molecule has 4 aromatic rings. The van der Waals surface area contributed by atoms with Crippen molar-refractivity contribution < 1.29 is 13.6 Å². The van der Waals surface area contributed by atoms with E-state index in [0.29, 0.717) is 29.8 Å². The SMILES string of the molecule is CN1CCCc2c(nc(-n3ncc4c(C(N)=O)cc(F)cc43)nc2NCc2cccc(F)c2)C1. The summed E-state index contributed by atoms with van der Waals surface area (Å²) in [6.45, 7) is 1.89. The van der Waals surface area contributed by atoms with Gasteiger partial charge >= 0.3 is 0 Å². The van der Waals surface area contributed by atoms with E-state index in [9.17, 15) is 13.6 Å². The normalized spacial score (nSPS) is 14.1. The van der Waals surface area contributed by atoms with Crippen molar-refractivity contribution in [3.63, 3.8) is 0 Å². The number of hydrogen-bond donors (Lipinski definition) is 2. The number of rotatable bonds is 5. The van der Waals surface area contributed by atoms with Crippen LogP contribution in [0.1, 0.15) is 33.6 Å². The number of hydrogen-bond acceptors (Lipinski definition) is 6. The molecule has 0 aliphatic carbocycles. The highest BCUT2D eigenvalue weighted by molar-refractivity contribution is 6.05. The second-order valence-corrected chi connectivity index (χ2v) is 8.43. The molecule has 0 atom stereocenters. The second kappa shape index (κ2) is 8.79. The molecular formula is C24H23F2N7O. The van der Waals surface area contributed by atoms with Gasteiger partial charge in [-0.25, -0.2) is 13.8 Å². The molecule has 0 bridgehead atoms. The number of benzene rings is 2. The fourth-order valence-electron chi connectivity index (χ4n) is 4.30. The summed E-state index contributed by atoms with van der Waals surface area (Å²) >= 11 is 0. The number of nitrogens with two attached hydrogens (primary N) is 1. The summed E-state index contributed by atoms with van der Waals surface area (Å²) in [4.78, 5) is 23.5. The van der Waals surface area contributed by atoms with Crippen molar-refractivity contribution in [1.29, 1.82) is 0 Å². The van der Waals surface area contributed by atoms with Crippen molar-refractivity contribution in [2.24, 2.45) is 5.73 Å². The first kappa shape index (κ1) is 21.9. The molecule has 34 heavy (non-hydrogen) atoms. The van der Waals surface area contributed by atoms with Crippen LogP contribution in [0.15, 0.2) is 42.6 Å². The maximum atomic E-state index is 14.3. The lowest BCUT2D eigenvalue weighted by Gasteiger charge is -2.17. The summed E-state index contributed by atoms with van der Waals surface area (Å²) in [7, 11) is 2.02. The van der Waals surface area contributed by atoms with Crippen LogP contribution in [0, 0.1) is 11.6 Å². The van der Waals surface area contributed by atoms with Gasteiger partial charge in [0.05, 0.1) is 23.0 Å². The van der Waals surface area contributed by atoms with Gasteiger partial charge in [0.1, 0.15) is 17.5 Å². The molecule has 174 valence electrons. The van der Waals surface area contributed by atoms with Crippen LogP contribution in [-0.2, 0) is 19.5 Å². The molecule has 1 amide bonds. The average molecular weight is 463 g/mol. The van der Waals surface area contributed by atoms with E-state index in [1.165, 1.54) is 29.1 Å². The Morgan fingerprint density at radius 2 is 2.03 bits per heavy atom. The summed E-state index contributed by atoms with van der Waals surface area (Å²) in [5.74, 6) is -0.798. The standard InChI is InChI=1S/C24H23F2N7O/c1-32-7-3-6-17-20(13-32)30-24(31-23(17)28-11-14-4-2-5-15(25)8-14)33-21-10-16(26)9-18(22(27)34)19(21)12-29-33/h2,4-5,8-10,12H,3,6-7,11,13H2,1H3,(H2,27,34)(H,28,30,31). The maximum Gasteiger partial charge on any atom is 0.253 e. The molecule has 0 radical (unpaired) electrons. The maximum absolute atomic E-state index is 14.3. The van der Waals surface area contributed by atoms with Crippen LogP contribution in [0.25, 0.3) is 16.9 Å². The van der Waals surface area contributed by atoms with E-state index in [1.54, 1.807) is 6.07 Å². The summed E-state index contributed by atoms with van der Waals surface area (Å²) < 4.78 is 29.3. The number of nitrogens with one attached hydrogen (secondary N) is 1. The minimum absolute atomic E-state index is 0.0418. The number of anilines is 1. The number of fused-ring (bicyclic) bond motifs is 2. The first-order valence-electron chi connectivity index (χ1n) is 10.9. The molecule has 1 aliphatic rings. The number of carbonyl (C=O) groups is 1. The highest BCUT2D eigenvalue weighted by Crippen LogP contribution is 2.27. The van der Waals surface area contributed by atoms with Crippen molar-refractivity contribution in [3.05, 3.63) is 76.6 Å². The van der Waals surface area contributed by atoms with Gasteiger partial charge in [-0.1, -0.05) is 12.1 Å². The molecule has 1 aliphatic heterocycles. The lowest BCUT2D eigenvalue weighted by atomic mass is 10.1. The minimum Gasteiger partial charge on any atom is -0.366 e. The first-order valence-corrected chi connectivity index (χ1v) is 10.9. The van der Waals surface area contributed by atoms with Crippen LogP contribution < -0.4 is 11.1 Å². The topological polar surface area (TPSA) is 102 Å². The fourth-order valence-corrected chi connectivity index (χ4v) is 4.30. The van der Waals surface area contributed by atoms with Crippen molar-refractivity contribution in [1.82, 2.24) is 24.6 Å². The van der Waals surface area contributed by atoms with Gasteiger partial charge in [-0.3, -0.25) is 4.79 Å². The Bertz CT molecular complexity index is 1400. The average Bonchev–Trinajstić information content (AvgIpc) is 3.11. The summed E-state index contributed by atoms with van der Waals surface area (Å²) in [6, 6.07) is 8.73. The quantitative estimate of drug-likeness (QED) is 0.471. The number of carbonyl (C=O) groups excluding carboxylic acids is 1. The van der Waals surface area contributed by atoms with Crippen LogP contribution >= 0.6 is 0 Å². The van der Waals surface area contributed by atoms with Gasteiger partial charge in [-0.05, 0) is 50.2 Å². The second-order valence-electron chi connectivity index (χ2n) is 8.43. The van der Waals surface area contributed by atoms with E-state index >= 15 is 0 Å². The van der Waals surface area contributed by atoms with E-state index in [-0.39, 0.29) is 17.3 Å². The summed E-state index contributed by atoms with van der Waals surface area (Å²) in [5, 5.41) is 8.08. The van der Waals surface area contributed by atoms with Crippen molar-refractivity contribution in [3.8, 4) is 5.95 Å². The monoisotopic (exact) mass is 463 g/mol. The zero-order valence-electron chi connectivity index (χ0n) is 18.6. The molecule has 3 heterocycles. The molecule has 10 heteroatoms. The smallest absolute Gasteiger partial charge is 0.253 e. The van der Waals surface area contributed by atoms with E-state index in [2.05, 4.69) is 15.3 Å². The Hall–Kier alpha value is -3.92. The van der Waals surface area contributed by atoms with E-state index in [4.69, 9.17) is 15.7 Å². The molecule has 0 saturated carbocycles. The fraction of sp³-hybridized carbons (Fsp3) is 0.250. The molecule has 5 rings (SSSR count). The molecular weight excluding hydrogens is 440 g/mol. The number of primary amides is 1. The van der Waals surface area contributed by atoms with Gasteiger partial charge in [0, 0.05) is 30.1 Å². The van der Waals surface area contributed by atoms with Crippen molar-refractivity contribution in [2.75, 3.05) is 18.9 Å². The Morgan fingerprint density at radius 3 is 2.82 bits per heavy atom. The number of halogens is 2. The first-order chi connectivity index (χ1) is 16.4. The largest absolute Gasteiger partial charge is 0.366 e. The summed E-state index contributed by atoms with van der Waals surface area (Å²) in [6.07, 6.45) is 3.18. The van der Waals surface area contributed by atoms with Gasteiger partial charge in [-0.2, -0.15) is 14.8 Å². The lowest BCUT2D eigenvalue weighted by Crippen LogP contribution is -2.19. The van der Waals surface area contributed by atoms with Gasteiger partial charge in [0.25, 0.3) is 5.95 Å². The molecule has 2 aromatic heterocycles. The molecule has 0 saturated heterocycles. The zero-order chi connectivity index (χ0) is 23.8. The third-order valence-corrected chi connectivity index (χ3v) is 5.92. The van der Waals surface area contributed by atoms with E-state index in [1.807, 2.05) is 13.1 Å². The van der Waals surface area contributed by atoms with Crippen molar-refractivity contribution in [2.45, 2.75) is 25.9 Å². The highest BCUT2D eigenvalue weighted by Gasteiger charge is 2.22. The van der Waals surface area contributed by atoms with Gasteiger partial charge in [0.15, 0.2) is 0 Å². The van der Waals surface area contributed by atoms with Crippen LogP contribution in [0.2, 0.25) is 0 Å². The predicted octanol–water partition coefficient (Wildman–Crippen LogP) is 3.18. The van der Waals surface area contributed by atoms with Crippen LogP contribution in [0.5, 0.6) is 0 Å². The molecule has 2 aromatic carbocycles. The number of amides is 1.